The monoisotopic (exact) mass is 443 g/mol. The largest absolute Gasteiger partial charge is 0.490 e. The Hall–Kier alpha value is -2.96. The lowest BCUT2D eigenvalue weighted by atomic mass is 9.80. The number of hydrogen-bond donors (Lipinski definition) is 0. The molecule has 0 fully saturated rings. The van der Waals surface area contributed by atoms with Crippen molar-refractivity contribution in [1.82, 2.24) is 4.90 Å². The highest BCUT2D eigenvalue weighted by molar-refractivity contribution is 5.84. The van der Waals surface area contributed by atoms with Crippen molar-refractivity contribution >= 4 is 12.4 Å². The molecule has 0 unspecified atom stereocenters. The van der Waals surface area contributed by atoms with Crippen LogP contribution in [0.25, 0.3) is 11.1 Å². The average Bonchev–Trinajstić information content (AvgIpc) is 3.03. The maximum absolute atomic E-state index is 15.1. The second-order valence-corrected chi connectivity index (χ2v) is 8.62. The summed E-state index contributed by atoms with van der Waals surface area (Å²) in [6, 6.07) is 1.46. The highest BCUT2D eigenvalue weighted by Crippen LogP contribution is 2.42. The van der Waals surface area contributed by atoms with Gasteiger partial charge in [-0.1, -0.05) is 0 Å². The standard InChI is InChI=1S/C25H27F2NO4/c1-14-17-6-8-28(13-29)9-7-18(17)16(3)24(21(14)12-23(30)32-27)20-11-22(26)25-19(15(20)2)5-4-10-31-25/h11,13H,4-10,12H2,1-3H3. The van der Waals surface area contributed by atoms with E-state index in [1.165, 1.54) is 6.07 Å². The van der Waals surface area contributed by atoms with Crippen LogP contribution in [0.3, 0.4) is 0 Å². The van der Waals surface area contributed by atoms with Crippen LogP contribution in [0, 0.1) is 26.6 Å². The van der Waals surface area contributed by atoms with Crippen molar-refractivity contribution < 1.29 is 28.2 Å². The average molecular weight is 443 g/mol. The Labute approximate surface area is 186 Å². The molecule has 0 bridgehead atoms. The van der Waals surface area contributed by atoms with Crippen LogP contribution in [-0.4, -0.2) is 37.0 Å². The van der Waals surface area contributed by atoms with Gasteiger partial charge in [0, 0.05) is 23.2 Å². The number of ether oxygens (including phenoxy) is 1. The molecule has 2 aliphatic heterocycles. The normalized spacial score (nSPS) is 15.3. The Morgan fingerprint density at radius 3 is 2.44 bits per heavy atom. The molecular weight excluding hydrogens is 416 g/mol. The van der Waals surface area contributed by atoms with Gasteiger partial charge in [0.05, 0.1) is 13.0 Å². The van der Waals surface area contributed by atoms with Gasteiger partial charge in [-0.25, -0.2) is 9.18 Å². The van der Waals surface area contributed by atoms with Gasteiger partial charge in [-0.15, -0.1) is 0 Å². The summed E-state index contributed by atoms with van der Waals surface area (Å²) >= 11 is 0. The van der Waals surface area contributed by atoms with Gasteiger partial charge in [0.2, 0.25) is 6.41 Å². The van der Waals surface area contributed by atoms with Crippen LogP contribution in [0.1, 0.15) is 45.4 Å². The Morgan fingerprint density at radius 1 is 1.09 bits per heavy atom. The summed E-state index contributed by atoms with van der Waals surface area (Å²) in [4.78, 5) is 28.6. The predicted molar refractivity (Wildman–Crippen MR) is 116 cm³/mol. The van der Waals surface area contributed by atoms with E-state index in [2.05, 4.69) is 4.94 Å². The molecule has 2 aromatic carbocycles. The smallest absolute Gasteiger partial charge is 0.353 e. The molecule has 1 amide bonds. The van der Waals surface area contributed by atoms with Crippen molar-refractivity contribution in [3.8, 4) is 16.9 Å². The third kappa shape index (κ3) is 3.74. The number of hydrogen-bond acceptors (Lipinski definition) is 4. The molecule has 170 valence electrons. The highest BCUT2D eigenvalue weighted by Gasteiger charge is 2.28. The van der Waals surface area contributed by atoms with E-state index in [1.54, 1.807) is 4.90 Å². The second-order valence-electron chi connectivity index (χ2n) is 8.62. The molecule has 0 aromatic heterocycles. The second kappa shape index (κ2) is 8.88. The molecule has 0 saturated heterocycles. The topological polar surface area (TPSA) is 55.8 Å². The molecule has 0 aliphatic carbocycles. The molecule has 5 nitrogen and oxygen atoms in total. The zero-order valence-corrected chi connectivity index (χ0v) is 18.6. The first-order valence-electron chi connectivity index (χ1n) is 11.0. The summed E-state index contributed by atoms with van der Waals surface area (Å²) < 4.78 is 33.4. The number of rotatable bonds is 4. The van der Waals surface area contributed by atoms with Crippen molar-refractivity contribution in [1.29, 1.82) is 0 Å². The molecule has 0 saturated carbocycles. The molecule has 7 heteroatoms. The van der Waals surface area contributed by atoms with E-state index in [-0.39, 0.29) is 6.42 Å². The molecule has 2 aliphatic rings. The van der Waals surface area contributed by atoms with Crippen molar-refractivity contribution in [3.63, 3.8) is 0 Å². The van der Waals surface area contributed by atoms with Crippen LogP contribution >= 0.6 is 0 Å². The number of benzene rings is 2. The molecule has 0 radical (unpaired) electrons. The Morgan fingerprint density at radius 2 is 1.78 bits per heavy atom. The first kappa shape index (κ1) is 22.2. The summed E-state index contributed by atoms with van der Waals surface area (Å²) in [7, 11) is 0. The SMILES string of the molecule is Cc1c(-c2c(C)c3c(c(C)c2CC(=O)OF)CCN(C=O)CC3)cc(F)c2c1CCCO2. The van der Waals surface area contributed by atoms with Crippen molar-refractivity contribution in [3.05, 3.63) is 50.8 Å². The van der Waals surface area contributed by atoms with Crippen molar-refractivity contribution in [2.75, 3.05) is 19.7 Å². The minimum Gasteiger partial charge on any atom is -0.490 e. The van der Waals surface area contributed by atoms with Crippen LogP contribution in [0.5, 0.6) is 5.75 Å². The number of fused-ring (bicyclic) bond motifs is 2. The molecule has 2 aromatic rings. The quantitative estimate of drug-likeness (QED) is 0.663. The van der Waals surface area contributed by atoms with Gasteiger partial charge < -0.3 is 9.64 Å². The molecule has 32 heavy (non-hydrogen) atoms. The maximum Gasteiger partial charge on any atom is 0.353 e. The zero-order valence-electron chi connectivity index (χ0n) is 18.6. The first-order valence-corrected chi connectivity index (χ1v) is 11.0. The lowest BCUT2D eigenvalue weighted by Crippen LogP contribution is -2.24. The number of carbonyl (C=O) groups excluding carboxylic acids is 2. The first-order chi connectivity index (χ1) is 15.4. The Balaban J connectivity index is 1.99. The predicted octanol–water partition coefficient (Wildman–Crippen LogP) is 4.27. The van der Waals surface area contributed by atoms with E-state index in [0.29, 0.717) is 55.8 Å². The van der Waals surface area contributed by atoms with Gasteiger partial charge >= 0.3 is 5.97 Å². The van der Waals surface area contributed by atoms with E-state index in [4.69, 9.17) is 4.74 Å². The summed E-state index contributed by atoms with van der Waals surface area (Å²) in [5.41, 5.74) is 7.79. The third-order valence-corrected chi connectivity index (χ3v) is 6.96. The fourth-order valence-corrected chi connectivity index (χ4v) is 5.28. The minimum atomic E-state index is -0.990. The van der Waals surface area contributed by atoms with Gasteiger partial charge in [0.15, 0.2) is 11.6 Å². The lowest BCUT2D eigenvalue weighted by molar-refractivity contribution is -0.182. The lowest BCUT2D eigenvalue weighted by Gasteiger charge is -2.26. The van der Waals surface area contributed by atoms with Gasteiger partial charge in [-0.3, -0.25) is 9.74 Å². The van der Waals surface area contributed by atoms with Crippen LogP contribution in [0.4, 0.5) is 8.92 Å². The highest BCUT2D eigenvalue weighted by atomic mass is 19.3. The fourth-order valence-electron chi connectivity index (χ4n) is 5.28. The van der Waals surface area contributed by atoms with Gasteiger partial charge in [-0.05, 0) is 97.0 Å². The molecule has 0 spiro atoms. The number of nitrogens with zero attached hydrogens (tertiary/aromatic N) is 1. The van der Waals surface area contributed by atoms with E-state index in [9.17, 15) is 14.1 Å². The van der Waals surface area contributed by atoms with E-state index < -0.39 is 11.8 Å². The minimum absolute atomic E-state index is 0.252. The molecule has 2 heterocycles. The van der Waals surface area contributed by atoms with Gasteiger partial charge in [0.1, 0.15) is 0 Å². The van der Waals surface area contributed by atoms with Gasteiger partial charge in [-0.2, -0.15) is 0 Å². The molecule has 0 N–H and O–H groups in total. The molecular formula is C25H27F2NO4. The van der Waals surface area contributed by atoms with Crippen molar-refractivity contribution in [2.24, 2.45) is 0 Å². The molecule has 0 atom stereocenters. The van der Waals surface area contributed by atoms with Crippen LogP contribution < -0.4 is 4.74 Å². The number of carbonyl (C=O) groups is 2. The fraction of sp³-hybridized carbons (Fsp3) is 0.440. The summed E-state index contributed by atoms with van der Waals surface area (Å²) in [6.45, 7) is 7.46. The van der Waals surface area contributed by atoms with E-state index in [0.717, 1.165) is 51.8 Å². The zero-order chi connectivity index (χ0) is 23.0. The number of amides is 1. The summed E-state index contributed by atoms with van der Waals surface area (Å²) in [5.74, 6) is -1.12. The van der Waals surface area contributed by atoms with E-state index in [1.807, 2.05) is 20.8 Å². The Kier molecular flexibility index (Phi) is 6.17. The van der Waals surface area contributed by atoms with Gasteiger partial charge in [0.25, 0.3) is 0 Å². The summed E-state index contributed by atoms with van der Waals surface area (Å²) in [6.07, 6.45) is 3.42. The van der Waals surface area contributed by atoms with Crippen molar-refractivity contribution in [2.45, 2.75) is 52.9 Å². The van der Waals surface area contributed by atoms with Crippen LogP contribution in [0.2, 0.25) is 0 Å². The Bertz CT molecular complexity index is 1100. The summed E-state index contributed by atoms with van der Waals surface area (Å²) in [5, 5.41) is 0. The maximum atomic E-state index is 15.1. The molecule has 4 rings (SSSR count). The van der Waals surface area contributed by atoms with E-state index >= 15 is 4.39 Å². The third-order valence-electron chi connectivity index (χ3n) is 6.96. The van der Waals surface area contributed by atoms with Crippen LogP contribution in [-0.2, 0) is 40.2 Å². The number of halogens is 2. The van der Waals surface area contributed by atoms with Crippen LogP contribution in [0.15, 0.2) is 6.07 Å².